The molecule has 1 aliphatic carbocycles. The zero-order valence-electron chi connectivity index (χ0n) is 10.9. The number of hydrogen-bond donors (Lipinski definition) is 1. The first-order valence-electron chi connectivity index (χ1n) is 6.62. The first-order valence-corrected chi connectivity index (χ1v) is 6.62. The summed E-state index contributed by atoms with van der Waals surface area (Å²) < 4.78 is 5.48. The van der Waals surface area contributed by atoms with Crippen molar-refractivity contribution in [2.45, 2.75) is 50.7 Å². The molecule has 2 N–H and O–H groups in total. The van der Waals surface area contributed by atoms with E-state index in [-0.39, 0.29) is 12.1 Å². The smallest absolute Gasteiger partial charge is 0.326 e. The van der Waals surface area contributed by atoms with E-state index in [1.165, 1.54) is 0 Å². The molecular formula is C15H21NO2. The summed E-state index contributed by atoms with van der Waals surface area (Å²) in [6.07, 6.45) is 4.85. The van der Waals surface area contributed by atoms with Crippen LogP contribution in [0.5, 0.6) is 0 Å². The van der Waals surface area contributed by atoms with Crippen LogP contribution in [0.2, 0.25) is 0 Å². The number of ether oxygens (including phenoxy) is 1. The zero-order valence-corrected chi connectivity index (χ0v) is 10.9. The van der Waals surface area contributed by atoms with Crippen molar-refractivity contribution in [2.24, 2.45) is 5.73 Å². The maximum atomic E-state index is 12.1. The van der Waals surface area contributed by atoms with Crippen molar-refractivity contribution in [3.05, 3.63) is 35.9 Å². The Hall–Kier alpha value is -1.35. The average Bonchev–Trinajstić information content (AvgIpc) is 2.82. The molecule has 3 nitrogen and oxygen atoms in total. The van der Waals surface area contributed by atoms with Crippen molar-refractivity contribution >= 4 is 5.97 Å². The largest absolute Gasteiger partial charge is 0.461 e. The van der Waals surface area contributed by atoms with Gasteiger partial charge in [0.25, 0.3) is 0 Å². The molecule has 0 unspecified atom stereocenters. The highest BCUT2D eigenvalue weighted by Gasteiger charge is 2.33. The molecular weight excluding hydrogens is 226 g/mol. The van der Waals surface area contributed by atoms with Crippen LogP contribution < -0.4 is 5.73 Å². The molecule has 98 valence electrons. The quantitative estimate of drug-likeness (QED) is 0.831. The lowest BCUT2D eigenvalue weighted by atomic mass is 9.94. The molecule has 1 saturated carbocycles. The van der Waals surface area contributed by atoms with Gasteiger partial charge in [0.05, 0.1) is 0 Å². The van der Waals surface area contributed by atoms with Gasteiger partial charge in [-0.3, -0.25) is 4.79 Å². The second-order valence-corrected chi connectivity index (χ2v) is 5.39. The number of carbonyl (C=O) groups excluding carboxylic acids is 1. The van der Waals surface area contributed by atoms with Gasteiger partial charge in [-0.1, -0.05) is 30.3 Å². The molecule has 1 fully saturated rings. The molecule has 3 heteroatoms. The molecule has 1 aromatic carbocycles. The Balaban J connectivity index is 1.94. The van der Waals surface area contributed by atoms with Crippen LogP contribution in [0.4, 0.5) is 0 Å². The standard InChI is InChI=1S/C15H21NO2/c1-15(16,11-12-7-3-2-4-8-12)14(17)18-13-9-5-6-10-13/h2-4,7-8,13H,5-6,9-11,16H2,1H3/t15-/m0/s1. The minimum Gasteiger partial charge on any atom is -0.461 e. The fourth-order valence-electron chi connectivity index (χ4n) is 2.38. The van der Waals surface area contributed by atoms with Crippen molar-refractivity contribution in [1.82, 2.24) is 0 Å². The van der Waals surface area contributed by atoms with Crippen molar-refractivity contribution in [3.63, 3.8) is 0 Å². The Labute approximate surface area is 108 Å². The fourth-order valence-corrected chi connectivity index (χ4v) is 2.38. The highest BCUT2D eigenvalue weighted by Crippen LogP contribution is 2.23. The summed E-state index contributed by atoms with van der Waals surface area (Å²) in [6.45, 7) is 1.75. The Morgan fingerprint density at radius 2 is 1.94 bits per heavy atom. The van der Waals surface area contributed by atoms with Gasteiger partial charge in [0.2, 0.25) is 0 Å². The van der Waals surface area contributed by atoms with E-state index in [9.17, 15) is 4.79 Å². The van der Waals surface area contributed by atoms with Crippen LogP contribution in [-0.4, -0.2) is 17.6 Å². The maximum Gasteiger partial charge on any atom is 0.326 e. The van der Waals surface area contributed by atoms with E-state index in [2.05, 4.69) is 0 Å². The topological polar surface area (TPSA) is 52.3 Å². The van der Waals surface area contributed by atoms with E-state index in [0.29, 0.717) is 6.42 Å². The third-order valence-electron chi connectivity index (χ3n) is 3.46. The number of hydrogen-bond acceptors (Lipinski definition) is 3. The lowest BCUT2D eigenvalue weighted by Crippen LogP contribution is -2.49. The molecule has 1 atom stereocenters. The van der Waals surface area contributed by atoms with Gasteiger partial charge in [0.1, 0.15) is 11.6 Å². The third kappa shape index (κ3) is 3.33. The summed E-state index contributed by atoms with van der Waals surface area (Å²) in [5.74, 6) is -0.279. The van der Waals surface area contributed by atoms with E-state index in [4.69, 9.17) is 10.5 Å². The van der Waals surface area contributed by atoms with Crippen molar-refractivity contribution in [2.75, 3.05) is 0 Å². The lowest BCUT2D eigenvalue weighted by Gasteiger charge is -2.24. The highest BCUT2D eigenvalue weighted by atomic mass is 16.5. The summed E-state index contributed by atoms with van der Waals surface area (Å²) >= 11 is 0. The Kier molecular flexibility index (Phi) is 4.02. The van der Waals surface area contributed by atoms with Crippen LogP contribution in [0, 0.1) is 0 Å². The Morgan fingerprint density at radius 3 is 2.56 bits per heavy atom. The first kappa shape index (κ1) is 13.1. The van der Waals surface area contributed by atoms with E-state index in [1.807, 2.05) is 30.3 Å². The summed E-state index contributed by atoms with van der Waals surface area (Å²) in [7, 11) is 0. The van der Waals surface area contributed by atoms with Crippen LogP contribution in [-0.2, 0) is 16.0 Å². The Morgan fingerprint density at radius 1 is 1.33 bits per heavy atom. The lowest BCUT2D eigenvalue weighted by molar-refractivity contribution is -0.154. The number of rotatable bonds is 4. The Bertz CT molecular complexity index is 394. The van der Waals surface area contributed by atoms with Crippen molar-refractivity contribution in [3.8, 4) is 0 Å². The highest BCUT2D eigenvalue weighted by molar-refractivity contribution is 5.80. The zero-order chi connectivity index (χ0) is 13.0. The van der Waals surface area contributed by atoms with Crippen LogP contribution in [0.1, 0.15) is 38.2 Å². The number of carbonyl (C=O) groups is 1. The molecule has 0 bridgehead atoms. The number of benzene rings is 1. The molecule has 0 aliphatic heterocycles. The summed E-state index contributed by atoms with van der Waals surface area (Å²) in [5.41, 5.74) is 6.22. The second kappa shape index (κ2) is 5.53. The van der Waals surface area contributed by atoms with Crippen LogP contribution in [0.15, 0.2) is 30.3 Å². The predicted octanol–water partition coefficient (Wildman–Crippen LogP) is 2.43. The predicted molar refractivity (Wildman–Crippen MR) is 71.1 cm³/mol. The van der Waals surface area contributed by atoms with E-state index < -0.39 is 5.54 Å². The van der Waals surface area contributed by atoms with Gasteiger partial charge in [0.15, 0.2) is 0 Å². The van der Waals surface area contributed by atoms with E-state index in [0.717, 1.165) is 31.2 Å². The summed E-state index contributed by atoms with van der Waals surface area (Å²) in [4.78, 5) is 12.1. The van der Waals surface area contributed by atoms with Gasteiger partial charge in [-0.2, -0.15) is 0 Å². The van der Waals surface area contributed by atoms with Gasteiger partial charge in [-0.05, 0) is 38.2 Å². The van der Waals surface area contributed by atoms with Crippen LogP contribution >= 0.6 is 0 Å². The molecule has 0 saturated heterocycles. The molecule has 0 heterocycles. The van der Waals surface area contributed by atoms with Gasteiger partial charge in [-0.25, -0.2) is 0 Å². The monoisotopic (exact) mass is 247 g/mol. The summed E-state index contributed by atoms with van der Waals surface area (Å²) in [6, 6.07) is 9.82. The van der Waals surface area contributed by atoms with Gasteiger partial charge in [-0.15, -0.1) is 0 Å². The normalized spacial score (nSPS) is 19.4. The minimum absolute atomic E-state index is 0.0798. The second-order valence-electron chi connectivity index (χ2n) is 5.39. The molecule has 18 heavy (non-hydrogen) atoms. The molecule has 0 amide bonds. The maximum absolute atomic E-state index is 12.1. The molecule has 1 aliphatic rings. The molecule has 1 aromatic rings. The van der Waals surface area contributed by atoms with Crippen LogP contribution in [0.3, 0.4) is 0 Å². The SMILES string of the molecule is C[C@](N)(Cc1ccccc1)C(=O)OC1CCCC1. The molecule has 0 spiro atoms. The van der Waals surface area contributed by atoms with Crippen molar-refractivity contribution in [1.29, 1.82) is 0 Å². The molecule has 2 rings (SSSR count). The van der Waals surface area contributed by atoms with Gasteiger partial charge in [0, 0.05) is 6.42 Å². The number of esters is 1. The van der Waals surface area contributed by atoms with Crippen molar-refractivity contribution < 1.29 is 9.53 Å². The van der Waals surface area contributed by atoms with Gasteiger partial charge < -0.3 is 10.5 Å². The van der Waals surface area contributed by atoms with Crippen LogP contribution in [0.25, 0.3) is 0 Å². The molecule has 0 radical (unpaired) electrons. The fraction of sp³-hybridized carbons (Fsp3) is 0.533. The first-order chi connectivity index (χ1) is 8.58. The number of nitrogens with two attached hydrogens (primary N) is 1. The minimum atomic E-state index is -0.941. The van der Waals surface area contributed by atoms with Gasteiger partial charge >= 0.3 is 5.97 Å². The average molecular weight is 247 g/mol. The molecule has 0 aromatic heterocycles. The third-order valence-corrected chi connectivity index (χ3v) is 3.46. The van der Waals surface area contributed by atoms with E-state index >= 15 is 0 Å². The summed E-state index contributed by atoms with van der Waals surface area (Å²) in [5, 5.41) is 0. The van der Waals surface area contributed by atoms with E-state index in [1.54, 1.807) is 6.92 Å².